The van der Waals surface area contributed by atoms with Crippen LogP contribution >= 0.6 is 27.7 Å². The van der Waals surface area contributed by atoms with E-state index in [4.69, 9.17) is 9.15 Å². The van der Waals surface area contributed by atoms with Crippen LogP contribution in [0.4, 0.5) is 15.8 Å². The lowest BCUT2D eigenvalue weighted by Crippen LogP contribution is -2.28. The van der Waals surface area contributed by atoms with Gasteiger partial charge in [0.05, 0.1) is 28.9 Å². The van der Waals surface area contributed by atoms with E-state index in [1.807, 2.05) is 0 Å². The predicted octanol–water partition coefficient (Wildman–Crippen LogP) is 6.61. The number of hydrogen-bond donors (Lipinski definition) is 1. The van der Waals surface area contributed by atoms with Crippen molar-refractivity contribution in [2.24, 2.45) is 10.2 Å². The number of nitrogens with one attached hydrogen (secondary N) is 1. The Kier molecular flexibility index (Phi) is 9.62. The molecule has 11 nitrogen and oxygen atoms in total. The van der Waals surface area contributed by atoms with E-state index in [-0.39, 0.29) is 29.9 Å². The van der Waals surface area contributed by atoms with Crippen LogP contribution in [-0.4, -0.2) is 39.6 Å². The van der Waals surface area contributed by atoms with E-state index in [9.17, 15) is 24.1 Å². The summed E-state index contributed by atoms with van der Waals surface area (Å²) < 4.78 is 25.1. The number of ether oxygens (including phenoxy) is 1. The maximum absolute atomic E-state index is 13.5. The van der Waals surface area contributed by atoms with Gasteiger partial charge in [-0.3, -0.25) is 24.6 Å². The molecule has 222 valence electrons. The zero-order valence-corrected chi connectivity index (χ0v) is 25.0. The molecule has 0 bridgehead atoms. The molecule has 2 heterocycles. The molecule has 5 rings (SSSR count). The molecule has 0 unspecified atom stereocenters. The summed E-state index contributed by atoms with van der Waals surface area (Å²) in [6.07, 6.45) is 4.47. The molecule has 1 N–H and O–H groups in total. The molecule has 2 amide bonds. The molecule has 0 aliphatic carbocycles. The Balaban J connectivity index is 1.37. The quantitative estimate of drug-likeness (QED) is 0.0862. The van der Waals surface area contributed by atoms with Gasteiger partial charge in [-0.05, 0) is 72.4 Å². The zero-order valence-electron chi connectivity index (χ0n) is 22.6. The third-order valence-corrected chi connectivity index (χ3v) is 7.45. The Morgan fingerprint density at radius 1 is 1.14 bits per heavy atom. The first kappa shape index (κ1) is 30.4. The van der Waals surface area contributed by atoms with Crippen molar-refractivity contribution < 1.29 is 28.1 Å². The zero-order chi connectivity index (χ0) is 31.1. The Labute approximate surface area is 262 Å². The van der Waals surface area contributed by atoms with Crippen LogP contribution in [0.5, 0.6) is 5.75 Å². The third-order valence-electron chi connectivity index (χ3n) is 5.96. The molecule has 1 aliphatic rings. The molecule has 4 aromatic rings. The average molecular weight is 678 g/mol. The van der Waals surface area contributed by atoms with Crippen LogP contribution in [0, 0.1) is 15.9 Å². The van der Waals surface area contributed by atoms with E-state index in [2.05, 4.69) is 31.4 Å². The first-order chi connectivity index (χ1) is 21.2. The molecule has 0 radical (unpaired) electrons. The van der Waals surface area contributed by atoms with Crippen LogP contribution in [0.1, 0.15) is 16.9 Å². The van der Waals surface area contributed by atoms with Gasteiger partial charge in [-0.25, -0.2) is 4.39 Å². The van der Waals surface area contributed by atoms with Crippen molar-refractivity contribution in [1.82, 2.24) is 4.90 Å². The normalized spacial score (nSPS) is 15.0. The van der Waals surface area contributed by atoms with Gasteiger partial charge in [0.1, 0.15) is 17.3 Å². The summed E-state index contributed by atoms with van der Waals surface area (Å²) in [6, 6.07) is 19.8. The largest absolute Gasteiger partial charge is 0.483 e. The molecule has 3 aromatic carbocycles. The highest BCUT2D eigenvalue weighted by atomic mass is 79.9. The molecule has 1 aliphatic heterocycles. The van der Waals surface area contributed by atoms with Crippen molar-refractivity contribution in [2.45, 2.75) is 6.54 Å². The van der Waals surface area contributed by atoms with Crippen LogP contribution in [0.2, 0.25) is 0 Å². The number of amidine groups is 1. The summed E-state index contributed by atoms with van der Waals surface area (Å²) in [5.41, 5.74) is 1.31. The van der Waals surface area contributed by atoms with E-state index in [0.29, 0.717) is 37.7 Å². The van der Waals surface area contributed by atoms with Crippen LogP contribution in [0.15, 0.2) is 109 Å². The highest BCUT2D eigenvalue weighted by Crippen LogP contribution is 2.36. The lowest BCUT2D eigenvalue weighted by atomic mass is 10.2. The number of nitrogens with zero attached hydrogens (tertiary/aromatic N) is 4. The van der Waals surface area contributed by atoms with Crippen molar-refractivity contribution >= 4 is 68.3 Å². The van der Waals surface area contributed by atoms with Gasteiger partial charge in [-0.2, -0.15) is 5.10 Å². The number of carbonyl (C=O) groups excluding carboxylic acids is 2. The van der Waals surface area contributed by atoms with E-state index in [1.54, 1.807) is 42.5 Å². The maximum atomic E-state index is 13.5. The molecule has 44 heavy (non-hydrogen) atoms. The monoisotopic (exact) mass is 677 g/mol. The van der Waals surface area contributed by atoms with E-state index < -0.39 is 16.6 Å². The van der Waals surface area contributed by atoms with Crippen LogP contribution in [0.25, 0.3) is 6.08 Å². The number of benzene rings is 3. The van der Waals surface area contributed by atoms with E-state index in [1.165, 1.54) is 59.8 Å². The number of carbonyl (C=O) groups is 2. The Hall–Kier alpha value is -5.08. The first-order valence-corrected chi connectivity index (χ1v) is 14.4. The molecule has 0 spiro atoms. The van der Waals surface area contributed by atoms with Gasteiger partial charge >= 0.3 is 0 Å². The summed E-state index contributed by atoms with van der Waals surface area (Å²) in [7, 11) is 0. The number of rotatable bonds is 10. The minimum absolute atomic E-state index is 0.0864. The van der Waals surface area contributed by atoms with Crippen molar-refractivity contribution in [2.75, 3.05) is 11.9 Å². The number of anilines is 1. The van der Waals surface area contributed by atoms with Gasteiger partial charge in [0, 0.05) is 33.4 Å². The van der Waals surface area contributed by atoms with E-state index >= 15 is 0 Å². The number of halogens is 2. The Bertz CT molecular complexity index is 1790. The molecule has 14 heteroatoms. The second-order valence-electron chi connectivity index (χ2n) is 9.09. The fourth-order valence-corrected chi connectivity index (χ4v) is 5.23. The maximum Gasteiger partial charge on any atom is 0.270 e. The SMILES string of the molecule is O=C(COc1ccc(Br)cc1/C=C1\S/C(=N/N=C\c2cccc([N+](=O)[O-])c2)N(Cc2ccco2)C1=O)Nc1ccc(F)cc1. The number of hydrogen-bond acceptors (Lipinski definition) is 9. The summed E-state index contributed by atoms with van der Waals surface area (Å²) in [6.45, 7) is -0.243. The third kappa shape index (κ3) is 7.85. The van der Waals surface area contributed by atoms with Gasteiger partial charge in [0.2, 0.25) is 0 Å². The molecule has 1 fully saturated rings. The van der Waals surface area contributed by atoms with Crippen LogP contribution < -0.4 is 10.1 Å². The molecular weight excluding hydrogens is 657 g/mol. The fourth-order valence-electron chi connectivity index (χ4n) is 3.92. The molecular formula is C30H21BrFN5O6S. The van der Waals surface area contributed by atoms with Crippen molar-refractivity contribution in [3.05, 3.63) is 127 Å². The van der Waals surface area contributed by atoms with Gasteiger partial charge in [-0.15, -0.1) is 5.10 Å². The summed E-state index contributed by atoms with van der Waals surface area (Å²) in [5, 5.41) is 22.3. The second kappa shape index (κ2) is 13.9. The van der Waals surface area contributed by atoms with Gasteiger partial charge in [0.15, 0.2) is 11.8 Å². The Morgan fingerprint density at radius 3 is 2.70 bits per heavy atom. The average Bonchev–Trinajstić information content (AvgIpc) is 3.62. The summed E-state index contributed by atoms with van der Waals surface area (Å²) >= 11 is 4.50. The minimum Gasteiger partial charge on any atom is -0.483 e. The molecule has 0 atom stereocenters. The number of non-ortho nitro benzene ring substituents is 1. The topological polar surface area (TPSA) is 140 Å². The van der Waals surface area contributed by atoms with Crippen molar-refractivity contribution in [1.29, 1.82) is 0 Å². The van der Waals surface area contributed by atoms with Crippen molar-refractivity contribution in [3.8, 4) is 5.75 Å². The van der Waals surface area contributed by atoms with Gasteiger partial charge in [-0.1, -0.05) is 28.1 Å². The second-order valence-corrected chi connectivity index (χ2v) is 11.0. The van der Waals surface area contributed by atoms with Gasteiger partial charge < -0.3 is 14.5 Å². The number of nitro benzene ring substituents is 1. The molecule has 1 saturated heterocycles. The lowest BCUT2D eigenvalue weighted by Gasteiger charge is -2.13. The van der Waals surface area contributed by atoms with Gasteiger partial charge in [0.25, 0.3) is 17.5 Å². The Morgan fingerprint density at radius 2 is 1.95 bits per heavy atom. The fraction of sp³-hybridized carbons (Fsp3) is 0.0667. The van der Waals surface area contributed by atoms with Crippen molar-refractivity contribution in [3.63, 3.8) is 0 Å². The lowest BCUT2D eigenvalue weighted by molar-refractivity contribution is -0.384. The summed E-state index contributed by atoms with van der Waals surface area (Å²) in [5.74, 6) is -0.374. The van der Waals surface area contributed by atoms with E-state index in [0.717, 1.165) is 11.8 Å². The predicted molar refractivity (Wildman–Crippen MR) is 168 cm³/mol. The highest BCUT2D eigenvalue weighted by molar-refractivity contribution is 9.10. The molecule has 1 aromatic heterocycles. The van der Waals surface area contributed by atoms with Crippen LogP contribution in [0.3, 0.4) is 0 Å². The minimum atomic E-state index is -0.505. The number of nitro groups is 1. The number of thioether (sulfide) groups is 1. The standard InChI is InChI=1S/C30H21BrFN5O6S/c31-21-6-11-26(43-18-28(38)34-23-9-7-22(32)8-10-23)20(14-21)15-27-29(39)36(17-25-5-2-12-42-25)30(44-27)35-33-16-19-3-1-4-24(13-19)37(40)41/h1-16H,17-18H2,(H,34,38)/b27-15-,33-16-,35-30+. The molecule has 0 saturated carbocycles. The number of amides is 2. The first-order valence-electron chi connectivity index (χ1n) is 12.8. The number of furan rings is 1. The van der Waals surface area contributed by atoms with Crippen LogP contribution in [-0.2, 0) is 16.1 Å². The highest BCUT2D eigenvalue weighted by Gasteiger charge is 2.34. The smallest absolute Gasteiger partial charge is 0.270 e. The summed E-state index contributed by atoms with van der Waals surface area (Å²) in [4.78, 5) is 38.3.